The van der Waals surface area contributed by atoms with Crippen molar-refractivity contribution >= 4 is 5.91 Å². The second kappa shape index (κ2) is 64.9. The largest absolute Gasteiger partial charge is 0.394 e. The first-order valence-electron chi connectivity index (χ1n) is 37.9. The third-order valence-corrected chi connectivity index (χ3v) is 18.6. The summed E-state index contributed by atoms with van der Waals surface area (Å²) >= 11 is 0. The van der Waals surface area contributed by atoms with Crippen LogP contribution in [0, 0.1) is 0 Å². The molecule has 0 aromatic rings. The Kier molecular flexibility index (Phi) is 62.5. The predicted molar refractivity (Wildman–Crippen MR) is 360 cm³/mol. The first kappa shape index (κ1) is 80.9. The van der Waals surface area contributed by atoms with Gasteiger partial charge in [0.2, 0.25) is 5.91 Å². The standard InChI is InChI=1S/C75H147NO8/c1-3-5-7-9-11-13-15-17-19-21-23-25-27-29-31-32-33-34-35-36-37-39-41-43-45-47-49-51-53-55-57-59-61-63-65-71(79)76-68(67-83-75-74(82)73(81)72(80)70(66-77)84-75)69(78)64-62-60-58-56-54-52-50-48-46-44-42-40-38-30-28-26-24-22-20-18-16-14-12-10-8-6-4-2/h62,64,68-70,72-75,77-78,80-82H,3-61,63,65-67H2,1-2H3,(H,76,79)/b64-62+. The lowest BCUT2D eigenvalue weighted by molar-refractivity contribution is -0.302. The molecule has 9 nitrogen and oxygen atoms in total. The molecule has 0 bridgehead atoms. The molecule has 9 heteroatoms. The Bertz CT molecular complexity index is 1330. The smallest absolute Gasteiger partial charge is 0.220 e. The molecule has 84 heavy (non-hydrogen) atoms. The average Bonchev–Trinajstić information content (AvgIpc) is 3.70. The highest BCUT2D eigenvalue weighted by molar-refractivity contribution is 5.76. The quantitative estimate of drug-likeness (QED) is 0.0261. The van der Waals surface area contributed by atoms with Gasteiger partial charge >= 0.3 is 0 Å². The molecule has 1 aliphatic heterocycles. The minimum Gasteiger partial charge on any atom is -0.394 e. The van der Waals surface area contributed by atoms with Crippen molar-refractivity contribution in [3.8, 4) is 0 Å². The van der Waals surface area contributed by atoms with Crippen molar-refractivity contribution in [2.24, 2.45) is 0 Å². The fourth-order valence-corrected chi connectivity index (χ4v) is 12.7. The lowest BCUT2D eigenvalue weighted by Crippen LogP contribution is -2.60. The van der Waals surface area contributed by atoms with Crippen LogP contribution in [0.2, 0.25) is 0 Å². The molecule has 1 heterocycles. The van der Waals surface area contributed by atoms with Gasteiger partial charge in [0.1, 0.15) is 24.4 Å². The van der Waals surface area contributed by atoms with Crippen LogP contribution in [-0.4, -0.2) is 87.5 Å². The maximum atomic E-state index is 13.2. The van der Waals surface area contributed by atoms with Crippen molar-refractivity contribution in [2.75, 3.05) is 13.2 Å². The van der Waals surface area contributed by atoms with Crippen LogP contribution >= 0.6 is 0 Å². The Balaban J connectivity index is 2.07. The van der Waals surface area contributed by atoms with Crippen LogP contribution in [0.4, 0.5) is 0 Å². The summed E-state index contributed by atoms with van der Waals surface area (Å²) < 4.78 is 11.3. The van der Waals surface area contributed by atoms with Gasteiger partial charge in [-0.1, -0.05) is 392 Å². The molecule has 0 radical (unpaired) electrons. The lowest BCUT2D eigenvalue weighted by atomic mass is 9.99. The van der Waals surface area contributed by atoms with Crippen LogP contribution < -0.4 is 5.32 Å². The maximum absolute atomic E-state index is 13.2. The van der Waals surface area contributed by atoms with Crippen LogP contribution in [-0.2, 0) is 14.3 Å². The fraction of sp³-hybridized carbons (Fsp3) is 0.960. The minimum absolute atomic E-state index is 0.166. The van der Waals surface area contributed by atoms with Crippen molar-refractivity contribution in [2.45, 2.75) is 448 Å². The van der Waals surface area contributed by atoms with Crippen molar-refractivity contribution in [3.63, 3.8) is 0 Å². The number of carbonyl (C=O) groups excluding carboxylic acids is 1. The van der Waals surface area contributed by atoms with Crippen LogP contribution in [0.15, 0.2) is 12.2 Å². The van der Waals surface area contributed by atoms with E-state index in [1.165, 1.54) is 347 Å². The van der Waals surface area contributed by atoms with Gasteiger partial charge in [-0.15, -0.1) is 0 Å². The SMILES string of the molecule is CCCCCCCCCCCCCCCCCCCCCCCCCCC/C=C/C(O)C(COC1OC(CO)C(O)C(O)C1O)NC(=O)CCCCCCCCCCCCCCCCCCCCCCCCCCCCCCCCCCCC. The number of unbranched alkanes of at least 4 members (excludes halogenated alkanes) is 58. The number of hydrogen-bond donors (Lipinski definition) is 6. The average molecular weight is 1190 g/mol. The number of ether oxygens (including phenoxy) is 2. The zero-order valence-corrected chi connectivity index (χ0v) is 56.2. The highest BCUT2D eigenvalue weighted by atomic mass is 16.7. The zero-order chi connectivity index (χ0) is 60.7. The monoisotopic (exact) mass is 1190 g/mol. The second-order valence-corrected chi connectivity index (χ2v) is 26.8. The number of carbonyl (C=O) groups is 1. The van der Waals surface area contributed by atoms with Gasteiger partial charge in [0.25, 0.3) is 0 Å². The van der Waals surface area contributed by atoms with Crippen molar-refractivity contribution in [1.29, 1.82) is 0 Å². The first-order chi connectivity index (χ1) is 41.3. The number of aliphatic hydroxyl groups is 5. The summed E-state index contributed by atoms with van der Waals surface area (Å²) in [5, 5.41) is 54.8. The summed E-state index contributed by atoms with van der Waals surface area (Å²) in [6.45, 7) is 3.85. The van der Waals surface area contributed by atoms with E-state index in [0.717, 1.165) is 38.5 Å². The molecule has 500 valence electrons. The highest BCUT2D eigenvalue weighted by Gasteiger charge is 2.44. The number of nitrogens with one attached hydrogen (secondary N) is 1. The number of amides is 1. The molecule has 0 aromatic carbocycles. The number of hydrogen-bond acceptors (Lipinski definition) is 8. The van der Waals surface area contributed by atoms with E-state index in [1.807, 2.05) is 6.08 Å². The molecule has 7 atom stereocenters. The molecular formula is C75H147NO8. The number of aliphatic hydroxyl groups excluding tert-OH is 5. The van der Waals surface area contributed by atoms with E-state index in [1.54, 1.807) is 6.08 Å². The van der Waals surface area contributed by atoms with Crippen LogP contribution in [0.1, 0.15) is 406 Å². The number of rotatable bonds is 68. The van der Waals surface area contributed by atoms with Crippen LogP contribution in [0.3, 0.4) is 0 Å². The predicted octanol–water partition coefficient (Wildman–Crippen LogP) is 21.0. The Morgan fingerprint density at radius 1 is 0.393 bits per heavy atom. The first-order valence-corrected chi connectivity index (χ1v) is 37.9. The van der Waals surface area contributed by atoms with Crippen molar-refractivity contribution < 1.29 is 39.8 Å². The van der Waals surface area contributed by atoms with Gasteiger partial charge in [-0.05, 0) is 19.3 Å². The molecule has 0 aliphatic carbocycles. The molecule has 7 unspecified atom stereocenters. The molecule has 6 N–H and O–H groups in total. The van der Waals surface area contributed by atoms with E-state index in [9.17, 15) is 30.3 Å². The topological polar surface area (TPSA) is 149 Å². The van der Waals surface area contributed by atoms with E-state index in [-0.39, 0.29) is 12.5 Å². The van der Waals surface area contributed by atoms with E-state index in [2.05, 4.69) is 19.2 Å². The van der Waals surface area contributed by atoms with Crippen LogP contribution in [0.25, 0.3) is 0 Å². The summed E-state index contributed by atoms with van der Waals surface area (Å²) in [5.74, 6) is -0.166. The van der Waals surface area contributed by atoms with E-state index < -0.39 is 49.5 Å². The third-order valence-electron chi connectivity index (χ3n) is 18.6. The normalized spacial score (nSPS) is 18.1. The van der Waals surface area contributed by atoms with Crippen molar-refractivity contribution in [3.05, 3.63) is 12.2 Å². The van der Waals surface area contributed by atoms with E-state index >= 15 is 0 Å². The molecule has 1 aliphatic rings. The summed E-state index contributed by atoms with van der Waals surface area (Å²) in [6, 6.07) is -0.803. The summed E-state index contributed by atoms with van der Waals surface area (Å²) in [4.78, 5) is 13.2. The molecule has 0 saturated carbocycles. The second-order valence-electron chi connectivity index (χ2n) is 26.8. The Morgan fingerprint density at radius 2 is 0.655 bits per heavy atom. The maximum Gasteiger partial charge on any atom is 0.220 e. The van der Waals surface area contributed by atoms with Gasteiger partial charge in [-0.2, -0.15) is 0 Å². The lowest BCUT2D eigenvalue weighted by Gasteiger charge is -2.40. The van der Waals surface area contributed by atoms with E-state index in [0.29, 0.717) is 6.42 Å². The zero-order valence-electron chi connectivity index (χ0n) is 56.2. The highest BCUT2D eigenvalue weighted by Crippen LogP contribution is 2.24. The van der Waals surface area contributed by atoms with Gasteiger partial charge < -0.3 is 40.3 Å². The summed E-state index contributed by atoms with van der Waals surface area (Å²) in [5.41, 5.74) is 0. The Morgan fingerprint density at radius 3 is 0.929 bits per heavy atom. The Hall–Kier alpha value is -1.07. The van der Waals surface area contributed by atoms with Gasteiger partial charge in [-0.3, -0.25) is 4.79 Å². The summed E-state index contributed by atoms with van der Waals surface area (Å²) in [6.07, 6.45) is 77.8. The van der Waals surface area contributed by atoms with Gasteiger partial charge in [-0.25, -0.2) is 0 Å². The third kappa shape index (κ3) is 52.8. The molecule has 1 rings (SSSR count). The molecule has 0 aromatic heterocycles. The molecule has 0 spiro atoms. The Labute approximate surface area is 522 Å². The van der Waals surface area contributed by atoms with Crippen molar-refractivity contribution in [1.82, 2.24) is 5.32 Å². The number of allylic oxidation sites excluding steroid dienone is 1. The molecule has 1 amide bonds. The summed E-state index contributed by atoms with van der Waals surface area (Å²) in [7, 11) is 0. The van der Waals surface area contributed by atoms with E-state index in [4.69, 9.17) is 9.47 Å². The molecular weight excluding hydrogens is 1040 g/mol. The minimum atomic E-state index is -1.56. The van der Waals surface area contributed by atoms with Gasteiger partial charge in [0, 0.05) is 6.42 Å². The molecule has 1 fully saturated rings. The van der Waals surface area contributed by atoms with Crippen LogP contribution in [0.5, 0.6) is 0 Å². The molecule has 1 saturated heterocycles. The van der Waals surface area contributed by atoms with Gasteiger partial charge in [0.05, 0.1) is 25.4 Å². The van der Waals surface area contributed by atoms with Gasteiger partial charge in [0.15, 0.2) is 6.29 Å². The fourth-order valence-electron chi connectivity index (χ4n) is 12.7.